The van der Waals surface area contributed by atoms with Crippen molar-refractivity contribution in [1.82, 2.24) is 0 Å². The van der Waals surface area contributed by atoms with Crippen LogP contribution in [0.15, 0.2) is 22.7 Å². The van der Waals surface area contributed by atoms with Crippen LogP contribution >= 0.6 is 27.5 Å². The molecule has 0 saturated carbocycles. The molecule has 3 heteroatoms. The van der Waals surface area contributed by atoms with Gasteiger partial charge in [0.2, 0.25) is 0 Å². The van der Waals surface area contributed by atoms with Crippen LogP contribution in [-0.4, -0.2) is 0 Å². The van der Waals surface area contributed by atoms with Crippen molar-refractivity contribution < 1.29 is 0 Å². The van der Waals surface area contributed by atoms with E-state index in [-0.39, 0.29) is 6.04 Å². The molecule has 0 fully saturated rings. The molecule has 0 heterocycles. The Bertz CT molecular complexity index is 314. The minimum atomic E-state index is 0.0876. The van der Waals surface area contributed by atoms with E-state index in [1.54, 1.807) is 0 Å². The summed E-state index contributed by atoms with van der Waals surface area (Å²) >= 11 is 9.45. The lowest BCUT2D eigenvalue weighted by Gasteiger charge is -2.13. The second-order valence-corrected chi connectivity index (χ2v) is 5.06. The molecule has 1 aromatic carbocycles. The second-order valence-electron chi connectivity index (χ2n) is 3.77. The van der Waals surface area contributed by atoms with Gasteiger partial charge in [0, 0.05) is 15.5 Å². The highest BCUT2D eigenvalue weighted by Gasteiger charge is 2.09. The van der Waals surface area contributed by atoms with E-state index >= 15 is 0 Å². The fourth-order valence-electron chi connectivity index (χ4n) is 1.57. The normalized spacial score (nSPS) is 12.8. The van der Waals surface area contributed by atoms with Crippen molar-refractivity contribution in [1.29, 1.82) is 0 Å². The summed E-state index contributed by atoms with van der Waals surface area (Å²) in [5.41, 5.74) is 7.23. The van der Waals surface area contributed by atoms with Gasteiger partial charge in [0.15, 0.2) is 0 Å². The number of halogens is 2. The van der Waals surface area contributed by atoms with E-state index in [1.807, 2.05) is 18.2 Å². The summed E-state index contributed by atoms with van der Waals surface area (Å²) < 4.78 is 1.05. The average Bonchev–Trinajstić information content (AvgIpc) is 2.22. The van der Waals surface area contributed by atoms with Crippen molar-refractivity contribution in [3.05, 3.63) is 33.3 Å². The topological polar surface area (TPSA) is 26.0 Å². The van der Waals surface area contributed by atoms with Gasteiger partial charge in [-0.1, -0.05) is 53.7 Å². The van der Waals surface area contributed by atoms with Crippen molar-refractivity contribution in [2.75, 3.05) is 0 Å². The Kier molecular flexibility index (Phi) is 5.65. The molecule has 0 amide bonds. The SMILES string of the molecule is CCCCC[C@@H](N)c1cc(Cl)ccc1Br. The largest absolute Gasteiger partial charge is 0.324 e. The maximum Gasteiger partial charge on any atom is 0.0410 e. The monoisotopic (exact) mass is 289 g/mol. The summed E-state index contributed by atoms with van der Waals surface area (Å²) in [6.45, 7) is 2.20. The third kappa shape index (κ3) is 4.13. The molecule has 0 radical (unpaired) electrons. The smallest absolute Gasteiger partial charge is 0.0410 e. The number of nitrogens with two attached hydrogens (primary N) is 1. The van der Waals surface area contributed by atoms with Crippen molar-refractivity contribution in [3.63, 3.8) is 0 Å². The lowest BCUT2D eigenvalue weighted by molar-refractivity contribution is 0.580. The van der Waals surface area contributed by atoms with Crippen molar-refractivity contribution in [2.24, 2.45) is 5.73 Å². The van der Waals surface area contributed by atoms with Gasteiger partial charge in [-0.15, -0.1) is 0 Å². The first-order chi connectivity index (χ1) is 7.15. The van der Waals surface area contributed by atoms with Crippen LogP contribution in [0.4, 0.5) is 0 Å². The van der Waals surface area contributed by atoms with Crippen LogP contribution in [0.25, 0.3) is 0 Å². The Morgan fingerprint density at radius 3 is 2.80 bits per heavy atom. The lowest BCUT2D eigenvalue weighted by Crippen LogP contribution is -2.10. The Labute approximate surface area is 105 Å². The molecule has 0 aliphatic carbocycles. The van der Waals surface area contributed by atoms with Crippen LogP contribution in [0.5, 0.6) is 0 Å². The van der Waals surface area contributed by atoms with Crippen LogP contribution in [0, 0.1) is 0 Å². The molecule has 2 N–H and O–H groups in total. The van der Waals surface area contributed by atoms with Crippen LogP contribution in [-0.2, 0) is 0 Å². The molecule has 84 valence electrons. The zero-order valence-corrected chi connectivity index (χ0v) is 11.3. The summed E-state index contributed by atoms with van der Waals surface area (Å²) in [6.07, 6.45) is 4.67. The van der Waals surface area contributed by atoms with E-state index in [2.05, 4.69) is 22.9 Å². The lowest BCUT2D eigenvalue weighted by atomic mass is 10.0. The van der Waals surface area contributed by atoms with Crippen molar-refractivity contribution >= 4 is 27.5 Å². The first-order valence-electron chi connectivity index (χ1n) is 5.35. The summed E-state index contributed by atoms with van der Waals surface area (Å²) in [4.78, 5) is 0. The quantitative estimate of drug-likeness (QED) is 0.783. The predicted octanol–water partition coefficient (Wildman–Crippen LogP) is 4.68. The Hall–Kier alpha value is -0.0500. The van der Waals surface area contributed by atoms with E-state index in [0.717, 1.165) is 21.5 Å². The molecular weight excluding hydrogens is 273 g/mol. The maximum absolute atomic E-state index is 6.12. The van der Waals surface area contributed by atoms with Gasteiger partial charge in [-0.2, -0.15) is 0 Å². The molecule has 15 heavy (non-hydrogen) atoms. The van der Waals surface area contributed by atoms with Gasteiger partial charge in [-0.25, -0.2) is 0 Å². The molecule has 0 unspecified atom stereocenters. The number of hydrogen-bond donors (Lipinski definition) is 1. The molecule has 0 bridgehead atoms. The van der Waals surface area contributed by atoms with Crippen LogP contribution in [0.2, 0.25) is 5.02 Å². The van der Waals surface area contributed by atoms with Gasteiger partial charge in [0.25, 0.3) is 0 Å². The zero-order chi connectivity index (χ0) is 11.3. The maximum atomic E-state index is 6.12. The molecular formula is C12H17BrClN. The summed E-state index contributed by atoms with van der Waals surface area (Å²) in [5.74, 6) is 0. The molecule has 0 saturated heterocycles. The highest BCUT2D eigenvalue weighted by atomic mass is 79.9. The number of hydrogen-bond acceptors (Lipinski definition) is 1. The highest BCUT2D eigenvalue weighted by Crippen LogP contribution is 2.28. The minimum absolute atomic E-state index is 0.0876. The van der Waals surface area contributed by atoms with Gasteiger partial charge >= 0.3 is 0 Å². The summed E-state index contributed by atoms with van der Waals surface area (Å²) in [5, 5.41) is 0.749. The fraction of sp³-hybridized carbons (Fsp3) is 0.500. The molecule has 1 rings (SSSR count). The van der Waals surface area contributed by atoms with Crippen LogP contribution < -0.4 is 5.73 Å². The van der Waals surface area contributed by atoms with Gasteiger partial charge in [0.1, 0.15) is 0 Å². The zero-order valence-electron chi connectivity index (χ0n) is 8.97. The van der Waals surface area contributed by atoms with E-state index in [1.165, 1.54) is 19.3 Å². The average molecular weight is 291 g/mol. The second kappa shape index (κ2) is 6.51. The highest BCUT2D eigenvalue weighted by molar-refractivity contribution is 9.10. The molecule has 1 nitrogen and oxygen atoms in total. The Morgan fingerprint density at radius 2 is 2.13 bits per heavy atom. The fourth-order valence-corrected chi connectivity index (χ4v) is 2.29. The minimum Gasteiger partial charge on any atom is -0.324 e. The van der Waals surface area contributed by atoms with E-state index < -0.39 is 0 Å². The molecule has 0 aliphatic rings. The summed E-state index contributed by atoms with van der Waals surface area (Å²) in [6, 6.07) is 5.86. The molecule has 0 aromatic heterocycles. The third-order valence-electron chi connectivity index (χ3n) is 2.48. The van der Waals surface area contributed by atoms with Gasteiger partial charge in [0.05, 0.1) is 0 Å². The first-order valence-corrected chi connectivity index (χ1v) is 6.52. The Balaban J connectivity index is 2.64. The van der Waals surface area contributed by atoms with Gasteiger partial charge in [-0.05, 0) is 30.2 Å². The molecule has 0 aliphatic heterocycles. The Morgan fingerprint density at radius 1 is 1.40 bits per heavy atom. The van der Waals surface area contributed by atoms with E-state index in [9.17, 15) is 0 Å². The third-order valence-corrected chi connectivity index (χ3v) is 3.43. The number of unbranched alkanes of at least 4 members (excludes halogenated alkanes) is 2. The molecule has 1 aromatic rings. The van der Waals surface area contributed by atoms with Crippen molar-refractivity contribution in [3.8, 4) is 0 Å². The first kappa shape index (κ1) is 13.0. The standard InChI is InChI=1S/C12H17BrClN/c1-2-3-4-5-12(15)10-8-9(14)6-7-11(10)13/h6-8,12H,2-5,15H2,1H3/t12-/m1/s1. The van der Waals surface area contributed by atoms with Crippen LogP contribution in [0.1, 0.15) is 44.2 Å². The van der Waals surface area contributed by atoms with Crippen molar-refractivity contribution in [2.45, 2.75) is 38.6 Å². The van der Waals surface area contributed by atoms with E-state index in [4.69, 9.17) is 17.3 Å². The molecule has 1 atom stereocenters. The van der Waals surface area contributed by atoms with E-state index in [0.29, 0.717) is 0 Å². The van der Waals surface area contributed by atoms with Crippen LogP contribution in [0.3, 0.4) is 0 Å². The summed E-state index contributed by atoms with van der Waals surface area (Å²) in [7, 11) is 0. The predicted molar refractivity (Wildman–Crippen MR) is 70.2 cm³/mol. The number of rotatable bonds is 5. The molecule has 0 spiro atoms. The van der Waals surface area contributed by atoms with Gasteiger partial charge in [-0.3, -0.25) is 0 Å². The van der Waals surface area contributed by atoms with Gasteiger partial charge < -0.3 is 5.73 Å². The number of benzene rings is 1.